The number of hydrogen-bond donors (Lipinski definition) is 0. The minimum Gasteiger partial charge on any atom is -0.451 e. The normalized spacial score (nSPS) is 10.8. The van der Waals surface area contributed by atoms with Crippen molar-refractivity contribution in [2.45, 2.75) is 6.61 Å². The molecule has 0 saturated heterocycles. The number of para-hydroxylation sites is 1. The molecule has 128 valence electrons. The van der Waals surface area contributed by atoms with Gasteiger partial charge < -0.3 is 9.26 Å². The van der Waals surface area contributed by atoms with Gasteiger partial charge in [-0.25, -0.2) is 9.78 Å². The quantitative estimate of drug-likeness (QED) is 0.502. The number of fused-ring (bicyclic) bond motifs is 1. The summed E-state index contributed by atoms with van der Waals surface area (Å²) in [5.74, 6) is 0.00903. The molecule has 0 spiro atoms. The van der Waals surface area contributed by atoms with E-state index in [9.17, 15) is 4.79 Å². The van der Waals surface area contributed by atoms with Crippen LogP contribution < -0.4 is 0 Å². The van der Waals surface area contributed by atoms with Crippen molar-refractivity contribution in [1.82, 2.24) is 15.1 Å². The van der Waals surface area contributed by atoms with Crippen molar-refractivity contribution in [2.75, 3.05) is 0 Å². The summed E-state index contributed by atoms with van der Waals surface area (Å²) in [4.78, 5) is 20.7. The van der Waals surface area contributed by atoms with Gasteiger partial charge >= 0.3 is 5.97 Å². The molecule has 4 aromatic rings. The maximum Gasteiger partial charge on any atom is 0.357 e. The van der Waals surface area contributed by atoms with Crippen molar-refractivity contribution in [3.8, 4) is 11.4 Å². The highest BCUT2D eigenvalue weighted by Gasteiger charge is 2.14. The number of halogens is 1. The fourth-order valence-electron chi connectivity index (χ4n) is 2.44. The summed E-state index contributed by atoms with van der Waals surface area (Å²) >= 11 is 5.95. The fourth-order valence-corrected chi connectivity index (χ4v) is 2.63. The maximum absolute atomic E-state index is 12.2. The Hall–Kier alpha value is -3.25. The Balaban J connectivity index is 1.46. The van der Waals surface area contributed by atoms with Gasteiger partial charge in [0.25, 0.3) is 5.89 Å². The van der Waals surface area contributed by atoms with Crippen molar-refractivity contribution in [3.63, 3.8) is 0 Å². The predicted octanol–water partition coefficient (Wildman–Crippen LogP) is 4.30. The minimum atomic E-state index is -0.557. The SMILES string of the molecule is O=C(OCc1nc(-c2cccc(Cl)c2)no1)c1ccc2ccccc2n1. The number of aromatic nitrogens is 3. The Bertz CT molecular complexity index is 1090. The van der Waals surface area contributed by atoms with Crippen molar-refractivity contribution < 1.29 is 14.1 Å². The molecule has 0 fully saturated rings. The smallest absolute Gasteiger partial charge is 0.357 e. The van der Waals surface area contributed by atoms with E-state index >= 15 is 0 Å². The summed E-state index contributed by atoms with van der Waals surface area (Å²) < 4.78 is 10.3. The van der Waals surface area contributed by atoms with E-state index in [0.717, 1.165) is 16.5 Å². The molecule has 0 unspecified atom stereocenters. The third-order valence-electron chi connectivity index (χ3n) is 3.69. The first kappa shape index (κ1) is 16.2. The van der Waals surface area contributed by atoms with Gasteiger partial charge in [0, 0.05) is 16.0 Å². The molecule has 0 N–H and O–H groups in total. The highest BCUT2D eigenvalue weighted by Crippen LogP contribution is 2.20. The van der Waals surface area contributed by atoms with E-state index in [0.29, 0.717) is 10.8 Å². The van der Waals surface area contributed by atoms with Crippen LogP contribution in [-0.4, -0.2) is 21.1 Å². The van der Waals surface area contributed by atoms with E-state index in [-0.39, 0.29) is 18.2 Å². The number of esters is 1. The lowest BCUT2D eigenvalue weighted by Gasteiger charge is -2.02. The minimum absolute atomic E-state index is 0.138. The molecule has 0 aliphatic heterocycles. The van der Waals surface area contributed by atoms with E-state index in [1.807, 2.05) is 36.4 Å². The average Bonchev–Trinajstić information content (AvgIpc) is 3.15. The van der Waals surface area contributed by atoms with E-state index < -0.39 is 5.97 Å². The van der Waals surface area contributed by atoms with E-state index in [1.54, 1.807) is 24.3 Å². The second kappa shape index (κ2) is 6.93. The van der Waals surface area contributed by atoms with Crippen LogP contribution >= 0.6 is 11.6 Å². The molecule has 0 aliphatic rings. The summed E-state index contributed by atoms with van der Waals surface area (Å²) in [5.41, 5.74) is 1.66. The van der Waals surface area contributed by atoms with Gasteiger partial charge in [-0.15, -0.1) is 0 Å². The molecule has 0 atom stereocenters. The molecule has 7 heteroatoms. The van der Waals surface area contributed by atoms with Gasteiger partial charge in [-0.2, -0.15) is 4.98 Å². The number of rotatable bonds is 4. The van der Waals surface area contributed by atoms with Gasteiger partial charge in [-0.3, -0.25) is 0 Å². The van der Waals surface area contributed by atoms with Gasteiger partial charge in [0.1, 0.15) is 5.69 Å². The van der Waals surface area contributed by atoms with Crippen molar-refractivity contribution >= 4 is 28.5 Å². The van der Waals surface area contributed by atoms with E-state index in [4.69, 9.17) is 20.9 Å². The zero-order valence-corrected chi connectivity index (χ0v) is 14.2. The van der Waals surface area contributed by atoms with Crippen LogP contribution in [0.1, 0.15) is 16.4 Å². The van der Waals surface area contributed by atoms with Gasteiger partial charge in [-0.1, -0.05) is 53.2 Å². The molecule has 0 aliphatic carbocycles. The average molecular weight is 366 g/mol. The highest BCUT2D eigenvalue weighted by atomic mass is 35.5. The zero-order valence-electron chi connectivity index (χ0n) is 13.4. The van der Waals surface area contributed by atoms with Crippen LogP contribution in [0.15, 0.2) is 65.2 Å². The number of nitrogens with zero attached hydrogens (tertiary/aromatic N) is 3. The fraction of sp³-hybridized carbons (Fsp3) is 0.0526. The van der Waals surface area contributed by atoms with Crippen molar-refractivity contribution in [1.29, 1.82) is 0 Å². The van der Waals surface area contributed by atoms with Crippen molar-refractivity contribution in [2.24, 2.45) is 0 Å². The maximum atomic E-state index is 12.2. The standard InChI is InChI=1S/C19H12ClN3O3/c20-14-6-3-5-13(10-14)18-22-17(26-23-18)11-25-19(24)16-9-8-12-4-1-2-7-15(12)21-16/h1-10H,11H2. The first-order chi connectivity index (χ1) is 12.7. The van der Waals surface area contributed by atoms with E-state index in [2.05, 4.69) is 15.1 Å². The number of pyridine rings is 1. The third-order valence-corrected chi connectivity index (χ3v) is 3.92. The summed E-state index contributed by atoms with van der Waals surface area (Å²) in [6.07, 6.45) is 0. The third kappa shape index (κ3) is 3.41. The van der Waals surface area contributed by atoms with Crippen molar-refractivity contribution in [3.05, 3.63) is 77.3 Å². The van der Waals surface area contributed by atoms with Crippen LogP contribution in [0, 0.1) is 0 Å². The topological polar surface area (TPSA) is 78.1 Å². The number of carbonyl (C=O) groups excluding carboxylic acids is 1. The first-order valence-electron chi connectivity index (χ1n) is 7.80. The first-order valence-corrected chi connectivity index (χ1v) is 8.18. The highest BCUT2D eigenvalue weighted by molar-refractivity contribution is 6.30. The molecule has 0 radical (unpaired) electrons. The summed E-state index contributed by atoms with van der Waals surface area (Å²) in [7, 11) is 0. The molecule has 0 saturated carbocycles. The lowest BCUT2D eigenvalue weighted by Crippen LogP contribution is -2.07. The molecule has 2 aromatic heterocycles. The summed E-state index contributed by atoms with van der Waals surface area (Å²) in [6.45, 7) is -0.138. The Labute approximate surface area is 153 Å². The van der Waals surface area contributed by atoms with Gasteiger partial charge in [0.2, 0.25) is 5.82 Å². The van der Waals surface area contributed by atoms with Crippen LogP contribution in [0.25, 0.3) is 22.3 Å². The van der Waals surface area contributed by atoms with Crippen LogP contribution in [-0.2, 0) is 11.3 Å². The van der Waals surface area contributed by atoms with Crippen LogP contribution in [0.5, 0.6) is 0 Å². The number of hydrogen-bond acceptors (Lipinski definition) is 6. The molecule has 26 heavy (non-hydrogen) atoms. The van der Waals surface area contributed by atoms with Gasteiger partial charge in [0.15, 0.2) is 6.61 Å². The zero-order chi connectivity index (χ0) is 17.9. The molecular formula is C19H12ClN3O3. The van der Waals surface area contributed by atoms with Gasteiger partial charge in [0.05, 0.1) is 5.52 Å². The molecular weight excluding hydrogens is 354 g/mol. The number of benzene rings is 2. The molecule has 4 rings (SSSR count). The monoisotopic (exact) mass is 365 g/mol. The van der Waals surface area contributed by atoms with Crippen LogP contribution in [0.3, 0.4) is 0 Å². The van der Waals surface area contributed by atoms with E-state index in [1.165, 1.54) is 0 Å². The lowest BCUT2D eigenvalue weighted by atomic mass is 10.2. The summed E-state index contributed by atoms with van der Waals surface area (Å²) in [6, 6.07) is 18.1. The largest absolute Gasteiger partial charge is 0.451 e. The Kier molecular flexibility index (Phi) is 4.33. The van der Waals surface area contributed by atoms with Crippen LogP contribution in [0.4, 0.5) is 0 Å². The molecule has 0 bridgehead atoms. The predicted molar refractivity (Wildman–Crippen MR) is 95.6 cm³/mol. The Morgan fingerprint density at radius 2 is 1.92 bits per heavy atom. The molecule has 2 heterocycles. The summed E-state index contributed by atoms with van der Waals surface area (Å²) in [5, 5.41) is 5.39. The molecule has 6 nitrogen and oxygen atoms in total. The number of carbonyl (C=O) groups is 1. The number of ether oxygens (including phenoxy) is 1. The second-order valence-electron chi connectivity index (χ2n) is 5.49. The Morgan fingerprint density at radius 3 is 2.81 bits per heavy atom. The lowest BCUT2D eigenvalue weighted by molar-refractivity contribution is 0.0423. The second-order valence-corrected chi connectivity index (χ2v) is 5.92. The van der Waals surface area contributed by atoms with Crippen LogP contribution in [0.2, 0.25) is 5.02 Å². The Morgan fingerprint density at radius 1 is 1.04 bits per heavy atom. The molecule has 0 amide bonds. The molecule has 2 aromatic carbocycles. The van der Waals surface area contributed by atoms with Gasteiger partial charge in [-0.05, 0) is 24.3 Å².